The van der Waals surface area contributed by atoms with Crippen LogP contribution in [0.2, 0.25) is 0 Å². The van der Waals surface area contributed by atoms with E-state index >= 15 is 0 Å². The molecule has 1 rings (SSSR count). The van der Waals surface area contributed by atoms with E-state index in [1.54, 1.807) is 6.08 Å². The van der Waals surface area contributed by atoms with Crippen LogP contribution in [0.15, 0.2) is 72.9 Å². The molecule has 0 aromatic heterocycles. The average molecular weight is 979 g/mol. The highest BCUT2D eigenvalue weighted by Crippen LogP contribution is 2.49. The van der Waals surface area contributed by atoms with Crippen LogP contribution in [0.25, 0.3) is 0 Å². The Labute approximate surface area is 392 Å². The minimum absolute atomic E-state index is 0.0102. The van der Waals surface area contributed by atoms with Crippen LogP contribution in [0.4, 0.5) is 0 Å². The number of aliphatic hydroxyl groups is 5. The van der Waals surface area contributed by atoms with Gasteiger partial charge in [-0.25, -0.2) is 9.13 Å². The monoisotopic (exact) mass is 978 g/mol. The Balaban J connectivity index is 2.65. The highest BCUT2D eigenvalue weighted by molar-refractivity contribution is 7.47. The predicted octanol–water partition coefficient (Wildman–Crippen LogP) is 7.81. The van der Waals surface area contributed by atoms with Crippen LogP contribution in [-0.4, -0.2) is 114 Å². The van der Waals surface area contributed by atoms with Gasteiger partial charge in [-0.2, -0.15) is 0 Å². The Hall–Kier alpha value is -2.60. The van der Waals surface area contributed by atoms with Crippen molar-refractivity contribution in [2.45, 2.75) is 198 Å². The molecule has 17 nitrogen and oxygen atoms in total. The zero-order chi connectivity index (χ0) is 49.1. The summed E-state index contributed by atoms with van der Waals surface area (Å²) in [7, 11) is -10.7. The fourth-order valence-electron chi connectivity index (χ4n) is 6.66. The van der Waals surface area contributed by atoms with E-state index in [2.05, 4.69) is 23.6 Å². The van der Waals surface area contributed by atoms with Crippen molar-refractivity contribution in [2.24, 2.45) is 0 Å². The van der Waals surface area contributed by atoms with Crippen LogP contribution in [-0.2, 0) is 41.8 Å². The maximum atomic E-state index is 13.0. The van der Waals surface area contributed by atoms with Gasteiger partial charge < -0.3 is 49.7 Å². The molecule has 0 aromatic carbocycles. The van der Waals surface area contributed by atoms with Crippen molar-refractivity contribution in [1.82, 2.24) is 0 Å². The summed E-state index contributed by atoms with van der Waals surface area (Å²) < 4.78 is 49.3. The summed E-state index contributed by atoms with van der Waals surface area (Å²) in [6, 6.07) is 0. The van der Waals surface area contributed by atoms with Crippen molar-refractivity contribution in [1.29, 1.82) is 0 Å². The molecule has 0 spiro atoms. The lowest BCUT2D eigenvalue weighted by Crippen LogP contribution is -2.64. The Morgan fingerprint density at radius 1 is 0.576 bits per heavy atom. The zero-order valence-electron chi connectivity index (χ0n) is 39.0. The van der Waals surface area contributed by atoms with Crippen LogP contribution in [0.3, 0.4) is 0 Å². The summed E-state index contributed by atoms with van der Waals surface area (Å²) >= 11 is 0. The number of carbonyl (C=O) groups excluding carboxylic acids is 2. The van der Waals surface area contributed by atoms with Gasteiger partial charge in [-0.1, -0.05) is 138 Å². The van der Waals surface area contributed by atoms with E-state index in [9.17, 15) is 49.1 Å². The molecular formula is C47H80O17P2. The Kier molecular flexibility index (Phi) is 34.7. The third-order valence-corrected chi connectivity index (χ3v) is 11.8. The lowest BCUT2D eigenvalue weighted by Gasteiger charge is -2.43. The molecule has 66 heavy (non-hydrogen) atoms. The number of carbonyl (C=O) groups is 2. The number of esters is 2. The number of ether oxygens (including phenoxy) is 2. The van der Waals surface area contributed by atoms with E-state index in [0.717, 1.165) is 51.4 Å². The number of aliphatic hydroxyl groups excluding tert-OH is 5. The fourth-order valence-corrected chi connectivity index (χ4v) is 8.20. The molecule has 8 N–H and O–H groups in total. The number of hydrogen-bond acceptors (Lipinski definition) is 14. The molecule has 1 saturated carbocycles. The molecular weight excluding hydrogens is 898 g/mol. The van der Waals surface area contributed by atoms with E-state index in [1.165, 1.54) is 38.5 Å². The Morgan fingerprint density at radius 2 is 1.11 bits per heavy atom. The summed E-state index contributed by atoms with van der Waals surface area (Å²) in [5, 5.41) is 51.0. The van der Waals surface area contributed by atoms with Crippen LogP contribution < -0.4 is 0 Å². The molecule has 19 heteroatoms. The molecule has 0 heterocycles. The topological polar surface area (TPSA) is 276 Å². The van der Waals surface area contributed by atoms with Gasteiger partial charge in [0, 0.05) is 12.8 Å². The number of hydrogen-bond donors (Lipinski definition) is 8. The fraction of sp³-hybridized carbons (Fsp3) is 0.702. The van der Waals surface area contributed by atoms with Gasteiger partial charge in [0.1, 0.15) is 43.2 Å². The highest BCUT2D eigenvalue weighted by atomic mass is 31.2. The Bertz CT molecular complexity index is 1570. The number of unbranched alkanes of at least 4 members (excludes halogenated alkanes) is 12. The van der Waals surface area contributed by atoms with Crippen molar-refractivity contribution in [3.8, 4) is 0 Å². The van der Waals surface area contributed by atoms with Crippen LogP contribution >= 0.6 is 15.6 Å². The average Bonchev–Trinajstić information content (AvgIpc) is 3.27. The minimum Gasteiger partial charge on any atom is -0.462 e. The van der Waals surface area contributed by atoms with E-state index in [-0.39, 0.29) is 12.8 Å². The molecule has 1 fully saturated rings. The quantitative estimate of drug-likeness (QED) is 0.00963. The van der Waals surface area contributed by atoms with E-state index in [0.29, 0.717) is 32.1 Å². The first kappa shape index (κ1) is 61.4. The Morgan fingerprint density at radius 3 is 1.74 bits per heavy atom. The van der Waals surface area contributed by atoms with Crippen LogP contribution in [0.5, 0.6) is 0 Å². The maximum absolute atomic E-state index is 13.0. The highest BCUT2D eigenvalue weighted by Gasteiger charge is 2.54. The van der Waals surface area contributed by atoms with Gasteiger partial charge in [-0.05, 0) is 70.6 Å². The molecule has 1 aliphatic carbocycles. The molecule has 0 radical (unpaired) electrons. The first-order valence-corrected chi connectivity index (χ1v) is 26.6. The van der Waals surface area contributed by atoms with Gasteiger partial charge in [0.15, 0.2) is 6.10 Å². The summed E-state index contributed by atoms with van der Waals surface area (Å²) in [6.07, 6.45) is 26.3. The van der Waals surface area contributed by atoms with E-state index < -0.39 is 89.6 Å². The summed E-state index contributed by atoms with van der Waals surface area (Å²) in [4.78, 5) is 54.2. The molecule has 0 bridgehead atoms. The number of allylic oxidation sites excluding steroid dienone is 10. The first-order valence-electron chi connectivity index (χ1n) is 23.6. The van der Waals surface area contributed by atoms with Crippen LogP contribution in [0, 0.1) is 0 Å². The van der Waals surface area contributed by atoms with Gasteiger partial charge in [-0.3, -0.25) is 23.2 Å². The maximum Gasteiger partial charge on any atom is 0.472 e. The minimum atomic E-state index is -5.38. The standard InChI is InChI=1S/C47H80O17P2/c1-3-5-7-8-9-10-11-12-13-14-19-22-25-28-31-35-41(50)62-39(37-61-66(58,59)64-47-44(53)42(51)43(52)46(45(47)54)63-65(55,56)57)36-60-40(49)34-30-27-24-21-18-16-15-17-20-23-26-29-33-38(48)32-6-4-2/h6,12-13,15-16,20-21,23-24,26,29,32,38-39,42-48,51-54H,3-5,7-11,14,17-19,22,25,27-28,30-31,33-37H2,1-2H3,(H,58,59)(H2,55,56,57)/b13-12-,16-15-,23-20-,24-21-,29-26+,32-6-/t38?,39-,42?,43?,44?,45?,46-,47+/m1/s1. The van der Waals surface area contributed by atoms with Gasteiger partial charge >= 0.3 is 27.6 Å². The number of phosphoric ester groups is 2. The van der Waals surface area contributed by atoms with Crippen molar-refractivity contribution in [3.63, 3.8) is 0 Å². The lowest BCUT2D eigenvalue weighted by molar-refractivity contribution is -0.216. The smallest absolute Gasteiger partial charge is 0.462 e. The zero-order valence-corrected chi connectivity index (χ0v) is 40.7. The third-order valence-electron chi connectivity index (χ3n) is 10.3. The summed E-state index contributed by atoms with van der Waals surface area (Å²) in [6.45, 7) is 2.80. The second kappa shape index (κ2) is 37.3. The summed E-state index contributed by atoms with van der Waals surface area (Å²) in [5.74, 6) is -1.31. The van der Waals surface area contributed by atoms with Crippen molar-refractivity contribution >= 4 is 27.6 Å². The molecule has 1 aliphatic rings. The SMILES string of the molecule is CC/C=C\C(O)C/C=C/C=C\C/C=C\C/C=C\CCCC(=O)OC[C@H](COP(=O)(O)O[C@H]1C(O)C(O)C(O)[C@@H](OP(=O)(O)O)C1O)OC(=O)CCCCCCC/C=C\CCCCCCCC. The van der Waals surface area contributed by atoms with E-state index in [4.69, 9.17) is 28.3 Å². The lowest BCUT2D eigenvalue weighted by atomic mass is 9.85. The van der Waals surface area contributed by atoms with Gasteiger partial charge in [-0.15, -0.1) is 0 Å². The van der Waals surface area contributed by atoms with Crippen molar-refractivity contribution in [2.75, 3.05) is 13.2 Å². The molecule has 6 unspecified atom stereocenters. The van der Waals surface area contributed by atoms with Gasteiger partial charge in [0.2, 0.25) is 0 Å². The number of phosphoric acid groups is 2. The van der Waals surface area contributed by atoms with Gasteiger partial charge in [0.25, 0.3) is 0 Å². The van der Waals surface area contributed by atoms with Crippen molar-refractivity contribution < 1.29 is 82.0 Å². The molecule has 0 aliphatic heterocycles. The van der Waals surface area contributed by atoms with Gasteiger partial charge in [0.05, 0.1) is 12.7 Å². The summed E-state index contributed by atoms with van der Waals surface area (Å²) in [5.41, 5.74) is 0. The second-order valence-electron chi connectivity index (χ2n) is 16.3. The third kappa shape index (κ3) is 31.4. The predicted molar refractivity (Wildman–Crippen MR) is 252 cm³/mol. The largest absolute Gasteiger partial charge is 0.472 e. The first-order chi connectivity index (χ1) is 31.5. The second-order valence-corrected chi connectivity index (χ2v) is 18.9. The normalized spacial score (nSPS) is 22.6. The van der Waals surface area contributed by atoms with Crippen LogP contribution in [0.1, 0.15) is 149 Å². The molecule has 0 amide bonds. The van der Waals surface area contributed by atoms with E-state index in [1.807, 2.05) is 61.6 Å². The number of rotatable bonds is 38. The molecule has 0 aromatic rings. The van der Waals surface area contributed by atoms with Crippen molar-refractivity contribution in [3.05, 3.63) is 72.9 Å². The molecule has 9 atom stereocenters. The molecule has 0 saturated heterocycles. The molecule has 380 valence electrons.